The molecule has 2 aromatic carbocycles. The minimum atomic E-state index is -0.123. The third-order valence-electron chi connectivity index (χ3n) is 3.58. The van der Waals surface area contributed by atoms with Crippen LogP contribution in [0, 0.1) is 0 Å². The SMILES string of the molecule is COc1ccc(C=NNC2=N/C(=C/c3ccc(Br)cc3)C(=O)S2)cc1OC. The summed E-state index contributed by atoms with van der Waals surface area (Å²) in [7, 11) is 3.16. The van der Waals surface area contributed by atoms with Crippen LogP contribution >= 0.6 is 27.7 Å². The summed E-state index contributed by atoms with van der Waals surface area (Å²) in [4.78, 5) is 16.4. The van der Waals surface area contributed by atoms with Gasteiger partial charge in [0.25, 0.3) is 0 Å². The fourth-order valence-electron chi connectivity index (χ4n) is 2.27. The van der Waals surface area contributed by atoms with Crippen LogP contribution in [0.25, 0.3) is 6.08 Å². The van der Waals surface area contributed by atoms with Crippen molar-refractivity contribution in [2.24, 2.45) is 10.1 Å². The highest BCUT2D eigenvalue weighted by atomic mass is 79.9. The summed E-state index contributed by atoms with van der Waals surface area (Å²) in [5.74, 6) is 1.26. The van der Waals surface area contributed by atoms with E-state index in [1.807, 2.05) is 30.3 Å². The molecule has 8 heteroatoms. The summed E-state index contributed by atoms with van der Waals surface area (Å²) >= 11 is 4.39. The van der Waals surface area contributed by atoms with Crippen LogP contribution in [-0.4, -0.2) is 30.7 Å². The van der Waals surface area contributed by atoms with Crippen molar-refractivity contribution in [2.75, 3.05) is 14.2 Å². The van der Waals surface area contributed by atoms with E-state index in [0.29, 0.717) is 22.4 Å². The zero-order valence-electron chi connectivity index (χ0n) is 14.6. The molecule has 2 aromatic rings. The first kappa shape index (κ1) is 19.2. The summed E-state index contributed by atoms with van der Waals surface area (Å²) in [6.07, 6.45) is 3.36. The Kier molecular flexibility index (Phi) is 6.31. The van der Waals surface area contributed by atoms with Gasteiger partial charge in [0, 0.05) is 4.47 Å². The maximum absolute atomic E-state index is 12.1. The Morgan fingerprint density at radius 3 is 2.48 bits per heavy atom. The van der Waals surface area contributed by atoms with E-state index in [1.165, 1.54) is 0 Å². The summed E-state index contributed by atoms with van der Waals surface area (Å²) in [5.41, 5.74) is 4.90. The second-order valence-electron chi connectivity index (χ2n) is 5.37. The van der Waals surface area contributed by atoms with E-state index in [1.54, 1.807) is 38.6 Å². The molecule has 0 bridgehead atoms. The average molecular weight is 446 g/mol. The van der Waals surface area contributed by atoms with E-state index in [4.69, 9.17) is 9.47 Å². The number of carbonyl (C=O) groups is 1. The van der Waals surface area contributed by atoms with Crippen molar-refractivity contribution in [3.63, 3.8) is 0 Å². The van der Waals surface area contributed by atoms with Crippen LogP contribution in [0.3, 0.4) is 0 Å². The van der Waals surface area contributed by atoms with Gasteiger partial charge in [0.1, 0.15) is 5.70 Å². The van der Waals surface area contributed by atoms with Crippen molar-refractivity contribution in [3.8, 4) is 11.5 Å². The van der Waals surface area contributed by atoms with Crippen molar-refractivity contribution in [1.82, 2.24) is 5.43 Å². The molecule has 138 valence electrons. The molecule has 0 saturated heterocycles. The predicted octanol–water partition coefficient (Wildman–Crippen LogP) is 4.06. The molecule has 1 aliphatic heterocycles. The number of thioether (sulfide) groups is 1. The second-order valence-corrected chi connectivity index (χ2v) is 7.25. The molecule has 3 rings (SSSR count). The number of rotatable bonds is 5. The first-order valence-corrected chi connectivity index (χ1v) is 9.49. The lowest BCUT2D eigenvalue weighted by molar-refractivity contribution is -0.107. The number of nitrogens with one attached hydrogen (secondary N) is 1. The van der Waals surface area contributed by atoms with Gasteiger partial charge in [-0.05, 0) is 59.3 Å². The van der Waals surface area contributed by atoms with Crippen LogP contribution in [0.5, 0.6) is 11.5 Å². The van der Waals surface area contributed by atoms with Crippen LogP contribution in [-0.2, 0) is 4.79 Å². The van der Waals surface area contributed by atoms with Crippen molar-refractivity contribution in [1.29, 1.82) is 0 Å². The highest BCUT2D eigenvalue weighted by Gasteiger charge is 2.21. The number of amidine groups is 1. The number of carbonyl (C=O) groups excluding carboxylic acids is 1. The Labute approximate surface area is 169 Å². The number of aliphatic imine (C=N–C) groups is 1. The normalized spacial score (nSPS) is 15.3. The standard InChI is InChI=1S/C19H16BrN3O3S/c1-25-16-8-5-13(10-17(16)26-2)11-21-23-19-22-15(18(24)27-19)9-12-3-6-14(20)7-4-12/h3-11H,1-2H3,(H,22,23)/b15-9+,21-11?. The molecule has 1 N–H and O–H groups in total. The molecule has 0 spiro atoms. The Hall–Kier alpha value is -2.58. The number of ether oxygens (including phenoxy) is 2. The highest BCUT2D eigenvalue weighted by molar-refractivity contribution is 9.10. The predicted molar refractivity (Wildman–Crippen MR) is 112 cm³/mol. The van der Waals surface area contributed by atoms with Gasteiger partial charge in [0.15, 0.2) is 16.7 Å². The molecule has 1 heterocycles. The first-order valence-electron chi connectivity index (χ1n) is 7.88. The van der Waals surface area contributed by atoms with Crippen molar-refractivity contribution in [2.45, 2.75) is 0 Å². The van der Waals surface area contributed by atoms with Gasteiger partial charge in [-0.2, -0.15) is 5.10 Å². The van der Waals surface area contributed by atoms with Gasteiger partial charge >= 0.3 is 0 Å². The van der Waals surface area contributed by atoms with Gasteiger partial charge in [-0.25, -0.2) is 4.99 Å². The zero-order chi connectivity index (χ0) is 19.2. The maximum Gasteiger partial charge on any atom is 0.245 e. The third-order valence-corrected chi connectivity index (χ3v) is 4.87. The van der Waals surface area contributed by atoms with Crippen molar-refractivity contribution in [3.05, 3.63) is 63.8 Å². The quantitative estimate of drug-likeness (QED) is 0.426. The summed E-state index contributed by atoms with van der Waals surface area (Å²) in [6, 6.07) is 13.1. The van der Waals surface area contributed by atoms with E-state index in [-0.39, 0.29) is 5.12 Å². The largest absolute Gasteiger partial charge is 0.493 e. The van der Waals surface area contributed by atoms with Crippen LogP contribution in [0.4, 0.5) is 0 Å². The molecule has 0 unspecified atom stereocenters. The Morgan fingerprint density at radius 2 is 1.78 bits per heavy atom. The molecule has 0 fully saturated rings. The molecule has 0 aromatic heterocycles. The van der Waals surface area contributed by atoms with Crippen molar-refractivity contribution < 1.29 is 14.3 Å². The van der Waals surface area contributed by atoms with E-state index in [0.717, 1.165) is 27.4 Å². The maximum atomic E-state index is 12.1. The number of hydrazone groups is 1. The monoisotopic (exact) mass is 445 g/mol. The van der Waals surface area contributed by atoms with Crippen LogP contribution in [0.2, 0.25) is 0 Å². The second kappa shape index (κ2) is 8.88. The lowest BCUT2D eigenvalue weighted by Crippen LogP contribution is -2.11. The number of nitrogens with zero attached hydrogens (tertiary/aromatic N) is 2. The first-order chi connectivity index (χ1) is 13.1. The summed E-state index contributed by atoms with van der Waals surface area (Å²) in [6.45, 7) is 0. The van der Waals surface area contributed by atoms with Gasteiger partial charge in [-0.3, -0.25) is 10.2 Å². The molecule has 0 saturated carbocycles. The Morgan fingerprint density at radius 1 is 1.07 bits per heavy atom. The molecular weight excluding hydrogens is 430 g/mol. The van der Waals surface area contributed by atoms with Gasteiger partial charge in [-0.1, -0.05) is 28.1 Å². The summed E-state index contributed by atoms with van der Waals surface area (Å²) < 4.78 is 11.4. The molecule has 6 nitrogen and oxygen atoms in total. The van der Waals surface area contributed by atoms with Crippen LogP contribution in [0.1, 0.15) is 11.1 Å². The van der Waals surface area contributed by atoms with Crippen LogP contribution < -0.4 is 14.9 Å². The molecule has 1 aliphatic rings. The highest BCUT2D eigenvalue weighted by Crippen LogP contribution is 2.27. The number of hydrogen-bond acceptors (Lipinski definition) is 7. The topological polar surface area (TPSA) is 72.3 Å². The van der Waals surface area contributed by atoms with Gasteiger partial charge < -0.3 is 9.47 Å². The lowest BCUT2D eigenvalue weighted by Gasteiger charge is -2.07. The number of halogens is 1. The van der Waals surface area contributed by atoms with Gasteiger partial charge in [0.2, 0.25) is 5.12 Å². The third kappa shape index (κ3) is 4.99. The number of hydrogen-bond donors (Lipinski definition) is 1. The number of benzene rings is 2. The minimum Gasteiger partial charge on any atom is -0.493 e. The van der Waals surface area contributed by atoms with E-state index >= 15 is 0 Å². The zero-order valence-corrected chi connectivity index (χ0v) is 17.0. The van der Waals surface area contributed by atoms with Crippen LogP contribution in [0.15, 0.2) is 62.7 Å². The van der Waals surface area contributed by atoms with E-state index in [2.05, 4.69) is 31.4 Å². The Bertz CT molecular complexity index is 940. The fourth-order valence-corrected chi connectivity index (χ4v) is 3.16. The molecular formula is C19H16BrN3O3S. The number of methoxy groups -OCH3 is 2. The smallest absolute Gasteiger partial charge is 0.245 e. The van der Waals surface area contributed by atoms with Gasteiger partial charge in [0.05, 0.1) is 20.4 Å². The molecule has 0 atom stereocenters. The molecule has 0 radical (unpaired) electrons. The Balaban J connectivity index is 1.68. The minimum absolute atomic E-state index is 0.123. The molecule has 0 aliphatic carbocycles. The lowest BCUT2D eigenvalue weighted by atomic mass is 10.2. The van der Waals surface area contributed by atoms with E-state index < -0.39 is 0 Å². The fraction of sp³-hybridized carbons (Fsp3) is 0.105. The molecule has 27 heavy (non-hydrogen) atoms. The van der Waals surface area contributed by atoms with E-state index in [9.17, 15) is 4.79 Å². The molecule has 0 amide bonds. The van der Waals surface area contributed by atoms with Crippen molar-refractivity contribution >= 4 is 50.3 Å². The average Bonchev–Trinajstić information content (AvgIpc) is 3.02. The van der Waals surface area contributed by atoms with Gasteiger partial charge in [-0.15, -0.1) is 0 Å². The summed E-state index contributed by atoms with van der Waals surface area (Å²) in [5, 5.41) is 4.44.